The predicted octanol–water partition coefficient (Wildman–Crippen LogP) is 3.08. The van der Waals surface area contributed by atoms with Gasteiger partial charge in [-0.1, -0.05) is 38.1 Å². The van der Waals surface area contributed by atoms with Gasteiger partial charge in [-0.15, -0.1) is 0 Å². The van der Waals surface area contributed by atoms with Gasteiger partial charge in [-0.2, -0.15) is 0 Å². The molecule has 1 saturated heterocycles. The van der Waals surface area contributed by atoms with Crippen LogP contribution in [0.25, 0.3) is 0 Å². The van der Waals surface area contributed by atoms with E-state index in [-0.39, 0.29) is 0 Å². The van der Waals surface area contributed by atoms with Gasteiger partial charge in [-0.05, 0) is 36.4 Å². The summed E-state index contributed by atoms with van der Waals surface area (Å²) in [7, 11) is 0. The average molecular weight is 233 g/mol. The smallest absolute Gasteiger partial charge is 0.0721 e. The molecular formula is C15H23NO. The highest BCUT2D eigenvalue weighted by Crippen LogP contribution is 2.16. The van der Waals surface area contributed by atoms with E-state index in [0.29, 0.717) is 12.0 Å². The Balaban J connectivity index is 1.82. The summed E-state index contributed by atoms with van der Waals surface area (Å²) in [6.07, 6.45) is 2.82. The minimum atomic E-state index is 0.397. The van der Waals surface area contributed by atoms with E-state index in [0.717, 1.165) is 19.7 Å². The maximum absolute atomic E-state index is 5.91. The van der Waals surface area contributed by atoms with Crippen molar-refractivity contribution in [2.24, 2.45) is 0 Å². The standard InChI is InChI=1S/C15H23NO/c1-12(2)14-7-5-13(6-8-14)11-17-15-4-3-9-16-10-15/h5-8,12,15-16H,3-4,9-11H2,1-2H3. The average Bonchev–Trinajstić information content (AvgIpc) is 2.38. The van der Waals surface area contributed by atoms with Gasteiger partial charge in [0, 0.05) is 6.54 Å². The zero-order valence-electron chi connectivity index (χ0n) is 10.9. The largest absolute Gasteiger partial charge is 0.372 e. The van der Waals surface area contributed by atoms with Crippen molar-refractivity contribution in [1.82, 2.24) is 5.32 Å². The van der Waals surface area contributed by atoms with Gasteiger partial charge in [-0.25, -0.2) is 0 Å². The van der Waals surface area contributed by atoms with Crippen molar-refractivity contribution in [3.63, 3.8) is 0 Å². The molecule has 94 valence electrons. The van der Waals surface area contributed by atoms with Crippen molar-refractivity contribution in [1.29, 1.82) is 0 Å². The van der Waals surface area contributed by atoms with E-state index < -0.39 is 0 Å². The van der Waals surface area contributed by atoms with Gasteiger partial charge in [0.1, 0.15) is 0 Å². The highest BCUT2D eigenvalue weighted by Gasteiger charge is 2.12. The number of rotatable bonds is 4. The molecule has 2 nitrogen and oxygen atoms in total. The molecule has 1 aromatic carbocycles. The molecule has 1 atom stereocenters. The maximum atomic E-state index is 5.91. The topological polar surface area (TPSA) is 21.3 Å². The van der Waals surface area contributed by atoms with Crippen LogP contribution in [0.15, 0.2) is 24.3 Å². The lowest BCUT2D eigenvalue weighted by Crippen LogP contribution is -2.35. The van der Waals surface area contributed by atoms with Crippen LogP contribution in [0.3, 0.4) is 0 Å². The van der Waals surface area contributed by atoms with Crippen molar-refractivity contribution < 1.29 is 4.74 Å². The number of nitrogens with one attached hydrogen (secondary N) is 1. The van der Waals surface area contributed by atoms with Crippen LogP contribution in [0, 0.1) is 0 Å². The van der Waals surface area contributed by atoms with Gasteiger partial charge < -0.3 is 10.1 Å². The maximum Gasteiger partial charge on any atom is 0.0721 e. The van der Waals surface area contributed by atoms with Crippen molar-refractivity contribution in [2.45, 2.75) is 45.3 Å². The fourth-order valence-corrected chi connectivity index (χ4v) is 2.17. The van der Waals surface area contributed by atoms with Crippen LogP contribution in [0.5, 0.6) is 0 Å². The van der Waals surface area contributed by atoms with Gasteiger partial charge in [-0.3, -0.25) is 0 Å². The first kappa shape index (κ1) is 12.6. The quantitative estimate of drug-likeness (QED) is 0.863. The number of hydrogen-bond acceptors (Lipinski definition) is 2. The summed E-state index contributed by atoms with van der Waals surface area (Å²) in [6, 6.07) is 8.79. The lowest BCUT2D eigenvalue weighted by molar-refractivity contribution is 0.0253. The molecule has 2 rings (SSSR count). The summed E-state index contributed by atoms with van der Waals surface area (Å²) in [5.74, 6) is 0.604. The van der Waals surface area contributed by atoms with Gasteiger partial charge in [0.15, 0.2) is 0 Å². The second-order valence-corrected chi connectivity index (χ2v) is 5.18. The van der Waals surface area contributed by atoms with Crippen LogP contribution < -0.4 is 5.32 Å². The molecule has 0 amide bonds. The summed E-state index contributed by atoms with van der Waals surface area (Å²) < 4.78 is 5.91. The second kappa shape index (κ2) is 6.18. The summed E-state index contributed by atoms with van der Waals surface area (Å²) >= 11 is 0. The molecule has 1 aliphatic rings. The molecule has 0 radical (unpaired) electrons. The molecule has 0 spiro atoms. The summed E-state index contributed by atoms with van der Waals surface area (Å²) in [6.45, 7) is 7.33. The Morgan fingerprint density at radius 1 is 1.29 bits per heavy atom. The SMILES string of the molecule is CC(C)c1ccc(COC2CCCNC2)cc1. The molecule has 0 bridgehead atoms. The van der Waals surface area contributed by atoms with E-state index in [4.69, 9.17) is 4.74 Å². The lowest BCUT2D eigenvalue weighted by atomic mass is 10.0. The Morgan fingerprint density at radius 2 is 2.06 bits per heavy atom. The minimum absolute atomic E-state index is 0.397. The summed E-state index contributed by atoms with van der Waals surface area (Å²) in [5, 5.41) is 3.37. The van der Waals surface area contributed by atoms with E-state index >= 15 is 0 Å². The van der Waals surface area contributed by atoms with Crippen LogP contribution in [-0.4, -0.2) is 19.2 Å². The van der Waals surface area contributed by atoms with E-state index in [1.54, 1.807) is 0 Å². The van der Waals surface area contributed by atoms with Crippen LogP contribution in [0.2, 0.25) is 0 Å². The van der Waals surface area contributed by atoms with Gasteiger partial charge in [0.25, 0.3) is 0 Å². The first-order valence-corrected chi connectivity index (χ1v) is 6.67. The minimum Gasteiger partial charge on any atom is -0.372 e. The van der Waals surface area contributed by atoms with Crippen LogP contribution in [0.1, 0.15) is 43.7 Å². The molecular weight excluding hydrogens is 210 g/mol. The van der Waals surface area contributed by atoms with Gasteiger partial charge in [0.2, 0.25) is 0 Å². The van der Waals surface area contributed by atoms with E-state index in [1.165, 1.54) is 24.0 Å². The Kier molecular flexibility index (Phi) is 4.57. The first-order chi connectivity index (χ1) is 8.25. The van der Waals surface area contributed by atoms with Gasteiger partial charge >= 0.3 is 0 Å². The Hall–Kier alpha value is -0.860. The zero-order valence-corrected chi connectivity index (χ0v) is 10.9. The summed E-state index contributed by atoms with van der Waals surface area (Å²) in [4.78, 5) is 0. The summed E-state index contributed by atoms with van der Waals surface area (Å²) in [5.41, 5.74) is 2.67. The molecule has 0 aliphatic carbocycles. The third-order valence-electron chi connectivity index (χ3n) is 3.38. The molecule has 0 saturated carbocycles. The molecule has 1 aromatic rings. The lowest BCUT2D eigenvalue weighted by Gasteiger charge is -2.23. The van der Waals surface area contributed by atoms with E-state index in [2.05, 4.69) is 43.4 Å². The monoisotopic (exact) mass is 233 g/mol. The fourth-order valence-electron chi connectivity index (χ4n) is 2.17. The van der Waals surface area contributed by atoms with Crippen molar-refractivity contribution >= 4 is 0 Å². The molecule has 1 N–H and O–H groups in total. The fraction of sp³-hybridized carbons (Fsp3) is 0.600. The highest BCUT2D eigenvalue weighted by atomic mass is 16.5. The number of benzene rings is 1. The number of hydrogen-bond donors (Lipinski definition) is 1. The van der Waals surface area contributed by atoms with Crippen LogP contribution in [-0.2, 0) is 11.3 Å². The number of piperidine rings is 1. The normalized spacial score (nSPS) is 20.8. The van der Waals surface area contributed by atoms with E-state index in [1.807, 2.05) is 0 Å². The molecule has 1 aliphatic heterocycles. The van der Waals surface area contributed by atoms with Crippen LogP contribution >= 0.6 is 0 Å². The third kappa shape index (κ3) is 3.83. The molecule has 2 heteroatoms. The number of ether oxygens (including phenoxy) is 1. The molecule has 1 heterocycles. The van der Waals surface area contributed by atoms with Crippen molar-refractivity contribution in [3.05, 3.63) is 35.4 Å². The van der Waals surface area contributed by atoms with Gasteiger partial charge in [0.05, 0.1) is 12.7 Å². The zero-order chi connectivity index (χ0) is 12.1. The first-order valence-electron chi connectivity index (χ1n) is 6.67. The molecule has 0 aromatic heterocycles. The Labute approximate surface area is 104 Å². The van der Waals surface area contributed by atoms with E-state index in [9.17, 15) is 0 Å². The highest BCUT2D eigenvalue weighted by molar-refractivity contribution is 5.24. The molecule has 1 unspecified atom stereocenters. The Bertz CT molecular complexity index is 325. The molecule has 17 heavy (non-hydrogen) atoms. The Morgan fingerprint density at radius 3 is 2.65 bits per heavy atom. The van der Waals surface area contributed by atoms with Crippen molar-refractivity contribution in [2.75, 3.05) is 13.1 Å². The molecule has 1 fully saturated rings. The third-order valence-corrected chi connectivity index (χ3v) is 3.38. The van der Waals surface area contributed by atoms with Crippen LogP contribution in [0.4, 0.5) is 0 Å². The predicted molar refractivity (Wildman–Crippen MR) is 71.2 cm³/mol. The second-order valence-electron chi connectivity index (χ2n) is 5.18. The van der Waals surface area contributed by atoms with Crippen molar-refractivity contribution in [3.8, 4) is 0 Å².